The molecule has 0 spiro atoms. The van der Waals surface area contributed by atoms with E-state index >= 15 is 0 Å². The molecule has 1 saturated heterocycles. The van der Waals surface area contributed by atoms with Crippen molar-refractivity contribution >= 4 is 0 Å². The first-order valence-corrected chi connectivity index (χ1v) is 7.96. The first-order chi connectivity index (χ1) is 12.1. The summed E-state index contributed by atoms with van der Waals surface area (Å²) in [6, 6.07) is 8.92. The maximum atomic E-state index is 13.6. The quantitative estimate of drug-likeness (QED) is 0.783. The molecule has 0 bridgehead atoms. The van der Waals surface area contributed by atoms with Gasteiger partial charge in [-0.3, -0.25) is 4.90 Å². The van der Waals surface area contributed by atoms with Gasteiger partial charge in [0.05, 0.1) is 18.1 Å². The van der Waals surface area contributed by atoms with Crippen molar-refractivity contribution in [3.05, 3.63) is 65.6 Å². The van der Waals surface area contributed by atoms with Gasteiger partial charge in [0.15, 0.2) is 17.4 Å². The number of aromatic nitrogens is 1. The summed E-state index contributed by atoms with van der Waals surface area (Å²) in [5.41, 5.74) is 1.30. The van der Waals surface area contributed by atoms with Gasteiger partial charge < -0.3 is 14.0 Å². The third-order valence-corrected chi connectivity index (χ3v) is 4.40. The highest BCUT2D eigenvalue weighted by Gasteiger charge is 2.33. The zero-order chi connectivity index (χ0) is 17.4. The smallest absolute Gasteiger partial charge is 0.202 e. The number of hydrogen-bond acceptors (Lipinski definition) is 5. The van der Waals surface area contributed by atoms with E-state index in [1.54, 1.807) is 30.5 Å². The van der Waals surface area contributed by atoms with Crippen LogP contribution in [0.15, 0.2) is 51.6 Å². The molecular formula is C18H16F2N2O3. The predicted molar refractivity (Wildman–Crippen MR) is 84.3 cm³/mol. The average molecular weight is 346 g/mol. The Labute approximate surface area is 142 Å². The molecule has 3 aromatic rings. The van der Waals surface area contributed by atoms with Crippen LogP contribution in [0.3, 0.4) is 0 Å². The standard InChI is InChI=1S/C18H16F2N2O3/c19-14-4-3-11(6-15(14)20)16-8-13(23)10-22(16)9-12-7-18(25-21-12)17-2-1-5-24-17/h1-7,13,16,23H,8-10H2/t13-,16-/m0/s1. The molecule has 2 atom stereocenters. The number of furan rings is 1. The van der Waals surface area contributed by atoms with Crippen LogP contribution in [0.2, 0.25) is 0 Å². The predicted octanol–water partition coefficient (Wildman–Crippen LogP) is 3.52. The van der Waals surface area contributed by atoms with Crippen LogP contribution in [0.5, 0.6) is 0 Å². The number of nitrogens with zero attached hydrogens (tertiary/aromatic N) is 2. The molecule has 0 radical (unpaired) electrons. The summed E-state index contributed by atoms with van der Waals surface area (Å²) in [6.45, 7) is 0.845. The van der Waals surface area contributed by atoms with E-state index in [-0.39, 0.29) is 6.04 Å². The Morgan fingerprint density at radius 1 is 1.16 bits per heavy atom. The molecule has 5 nitrogen and oxygen atoms in total. The minimum absolute atomic E-state index is 0.214. The molecule has 4 rings (SSSR count). The van der Waals surface area contributed by atoms with Gasteiger partial charge in [-0.1, -0.05) is 11.2 Å². The van der Waals surface area contributed by atoms with Crippen molar-refractivity contribution in [2.75, 3.05) is 6.54 Å². The Hall–Kier alpha value is -2.51. The molecule has 1 aromatic carbocycles. The molecule has 0 aliphatic carbocycles. The number of hydrogen-bond donors (Lipinski definition) is 1. The Morgan fingerprint density at radius 2 is 2.04 bits per heavy atom. The maximum Gasteiger partial charge on any atom is 0.202 e. The number of likely N-dealkylation sites (tertiary alicyclic amines) is 1. The van der Waals surface area contributed by atoms with Crippen LogP contribution in [0, 0.1) is 11.6 Å². The topological polar surface area (TPSA) is 62.6 Å². The molecule has 1 N–H and O–H groups in total. The average Bonchev–Trinajstić information content (AvgIpc) is 3.31. The largest absolute Gasteiger partial charge is 0.461 e. The lowest BCUT2D eigenvalue weighted by atomic mass is 10.0. The molecule has 1 fully saturated rings. The van der Waals surface area contributed by atoms with E-state index in [1.807, 2.05) is 4.90 Å². The van der Waals surface area contributed by atoms with E-state index < -0.39 is 17.7 Å². The Kier molecular flexibility index (Phi) is 4.10. The lowest BCUT2D eigenvalue weighted by Crippen LogP contribution is -2.24. The number of halogens is 2. The number of β-amino-alcohol motifs (C(OH)–C–C–N with tert-alkyl or cyclic N) is 1. The van der Waals surface area contributed by atoms with Crippen molar-refractivity contribution in [2.45, 2.75) is 25.1 Å². The first-order valence-electron chi connectivity index (χ1n) is 7.96. The highest BCUT2D eigenvalue weighted by Crippen LogP contribution is 2.34. The maximum absolute atomic E-state index is 13.6. The van der Waals surface area contributed by atoms with E-state index in [0.29, 0.717) is 42.3 Å². The van der Waals surface area contributed by atoms with Crippen LogP contribution in [0.4, 0.5) is 8.78 Å². The molecule has 2 aromatic heterocycles. The van der Waals surface area contributed by atoms with Gasteiger partial charge in [0.2, 0.25) is 5.76 Å². The molecule has 0 amide bonds. The van der Waals surface area contributed by atoms with Crippen LogP contribution in [-0.2, 0) is 6.54 Å². The summed E-state index contributed by atoms with van der Waals surface area (Å²) in [7, 11) is 0. The molecule has 1 aliphatic rings. The molecule has 0 saturated carbocycles. The van der Waals surface area contributed by atoms with Gasteiger partial charge in [0, 0.05) is 25.2 Å². The highest BCUT2D eigenvalue weighted by molar-refractivity contribution is 5.49. The van der Waals surface area contributed by atoms with Crippen molar-refractivity contribution in [1.29, 1.82) is 0 Å². The van der Waals surface area contributed by atoms with Crippen LogP contribution >= 0.6 is 0 Å². The monoisotopic (exact) mass is 346 g/mol. The second-order valence-corrected chi connectivity index (χ2v) is 6.17. The molecule has 3 heterocycles. The normalized spacial score (nSPS) is 21.1. The summed E-state index contributed by atoms with van der Waals surface area (Å²) in [6.07, 6.45) is 1.47. The fourth-order valence-electron chi connectivity index (χ4n) is 3.25. The Balaban J connectivity index is 1.55. The van der Waals surface area contributed by atoms with E-state index in [9.17, 15) is 13.9 Å². The van der Waals surface area contributed by atoms with Gasteiger partial charge in [-0.2, -0.15) is 0 Å². The Bertz CT molecular complexity index is 863. The minimum Gasteiger partial charge on any atom is -0.461 e. The number of benzene rings is 1. The number of aliphatic hydroxyl groups is 1. The lowest BCUT2D eigenvalue weighted by Gasteiger charge is -2.23. The summed E-state index contributed by atoms with van der Waals surface area (Å²) in [5, 5.41) is 14.0. The highest BCUT2D eigenvalue weighted by atomic mass is 19.2. The minimum atomic E-state index is -0.889. The lowest BCUT2D eigenvalue weighted by molar-refractivity contribution is 0.171. The van der Waals surface area contributed by atoms with Gasteiger partial charge >= 0.3 is 0 Å². The van der Waals surface area contributed by atoms with E-state index in [4.69, 9.17) is 8.94 Å². The van der Waals surface area contributed by atoms with E-state index in [1.165, 1.54) is 6.07 Å². The first kappa shape index (κ1) is 16.0. The van der Waals surface area contributed by atoms with Crippen molar-refractivity contribution in [2.24, 2.45) is 0 Å². The molecule has 130 valence electrons. The summed E-state index contributed by atoms with van der Waals surface area (Å²) in [5.74, 6) is -0.671. The van der Waals surface area contributed by atoms with Crippen LogP contribution in [0.25, 0.3) is 11.5 Å². The van der Waals surface area contributed by atoms with E-state index in [2.05, 4.69) is 5.16 Å². The fourth-order valence-corrected chi connectivity index (χ4v) is 3.25. The summed E-state index contributed by atoms with van der Waals surface area (Å²) in [4.78, 5) is 1.97. The van der Waals surface area contributed by atoms with Gasteiger partial charge in [-0.05, 0) is 36.2 Å². The molecule has 0 unspecified atom stereocenters. The van der Waals surface area contributed by atoms with Crippen molar-refractivity contribution in [1.82, 2.24) is 10.1 Å². The molecule has 1 aliphatic heterocycles. The number of rotatable bonds is 4. The molecule has 7 heteroatoms. The third kappa shape index (κ3) is 3.20. The summed E-state index contributed by atoms with van der Waals surface area (Å²) < 4.78 is 37.3. The van der Waals surface area contributed by atoms with Crippen LogP contribution < -0.4 is 0 Å². The van der Waals surface area contributed by atoms with Crippen LogP contribution in [-0.4, -0.2) is 27.8 Å². The Morgan fingerprint density at radius 3 is 2.80 bits per heavy atom. The van der Waals surface area contributed by atoms with Gasteiger partial charge in [0.25, 0.3) is 0 Å². The SMILES string of the molecule is O[C@H]1C[C@@H](c2ccc(F)c(F)c2)N(Cc2cc(-c3ccco3)on2)C1. The van der Waals surface area contributed by atoms with Crippen molar-refractivity contribution in [3.63, 3.8) is 0 Å². The second kappa shape index (κ2) is 6.42. The second-order valence-electron chi connectivity index (χ2n) is 6.17. The van der Waals surface area contributed by atoms with Gasteiger partial charge in [-0.25, -0.2) is 8.78 Å². The van der Waals surface area contributed by atoms with Gasteiger partial charge in [0.1, 0.15) is 0 Å². The van der Waals surface area contributed by atoms with Crippen LogP contribution in [0.1, 0.15) is 23.7 Å². The van der Waals surface area contributed by atoms with Crippen molar-refractivity contribution < 1.29 is 22.8 Å². The van der Waals surface area contributed by atoms with Gasteiger partial charge in [-0.15, -0.1) is 0 Å². The van der Waals surface area contributed by atoms with E-state index in [0.717, 1.165) is 6.07 Å². The summed E-state index contributed by atoms with van der Waals surface area (Å²) >= 11 is 0. The zero-order valence-electron chi connectivity index (χ0n) is 13.2. The zero-order valence-corrected chi connectivity index (χ0v) is 13.2. The molecular weight excluding hydrogens is 330 g/mol. The van der Waals surface area contributed by atoms with Crippen molar-refractivity contribution in [3.8, 4) is 11.5 Å². The fraction of sp³-hybridized carbons (Fsp3) is 0.278. The molecule has 25 heavy (non-hydrogen) atoms. The third-order valence-electron chi connectivity index (χ3n) is 4.40. The number of aliphatic hydroxyl groups excluding tert-OH is 1.